The summed E-state index contributed by atoms with van der Waals surface area (Å²) in [7, 11) is 0. The number of nitrogens with zero attached hydrogens (tertiary/aromatic N) is 1. The predicted molar refractivity (Wildman–Crippen MR) is 52.4 cm³/mol. The summed E-state index contributed by atoms with van der Waals surface area (Å²) >= 11 is 0. The van der Waals surface area contributed by atoms with Crippen LogP contribution in [0.25, 0.3) is 0 Å². The maximum absolute atomic E-state index is 8.81. The highest BCUT2D eigenvalue weighted by Gasteiger charge is 2.25. The third kappa shape index (κ3) is 1.22. The lowest BCUT2D eigenvalue weighted by molar-refractivity contribution is 0.318. The van der Waals surface area contributed by atoms with Crippen LogP contribution in [0.5, 0.6) is 0 Å². The van der Waals surface area contributed by atoms with E-state index in [0.717, 1.165) is 24.1 Å². The van der Waals surface area contributed by atoms with E-state index in [1.807, 2.05) is 18.2 Å². The highest BCUT2D eigenvalue weighted by atomic mass is 16.4. The first-order valence-corrected chi connectivity index (χ1v) is 4.67. The number of hydrogen-bond donors (Lipinski definition) is 1. The molecule has 0 aliphatic heterocycles. The lowest BCUT2D eigenvalue weighted by Crippen LogP contribution is -1.93. The van der Waals surface area contributed by atoms with E-state index in [4.69, 9.17) is 5.21 Å². The van der Waals surface area contributed by atoms with E-state index in [-0.39, 0.29) is 0 Å². The van der Waals surface area contributed by atoms with Crippen molar-refractivity contribution in [2.45, 2.75) is 25.7 Å². The van der Waals surface area contributed by atoms with Gasteiger partial charge in [-0.15, -0.1) is 0 Å². The molecule has 2 rings (SSSR count). The zero-order valence-corrected chi connectivity index (χ0v) is 7.70. The van der Waals surface area contributed by atoms with Gasteiger partial charge in [-0.3, -0.25) is 0 Å². The molecule has 2 heteroatoms. The Morgan fingerprint density at radius 1 is 1.46 bits per heavy atom. The van der Waals surface area contributed by atoms with Crippen molar-refractivity contribution >= 4 is 5.71 Å². The number of hydrogen-bond acceptors (Lipinski definition) is 2. The number of oxime groups is 1. The summed E-state index contributed by atoms with van der Waals surface area (Å²) in [4.78, 5) is 0. The largest absolute Gasteiger partial charge is 0.411 e. The molecule has 0 saturated heterocycles. The molecule has 0 radical (unpaired) electrons. The Hall–Kier alpha value is -1.31. The van der Waals surface area contributed by atoms with E-state index >= 15 is 0 Å². The smallest absolute Gasteiger partial charge is 0.0876 e. The number of benzene rings is 1. The van der Waals surface area contributed by atoms with Crippen LogP contribution in [0.15, 0.2) is 29.4 Å². The average Bonchev–Trinajstić information content (AvgIpc) is 2.56. The van der Waals surface area contributed by atoms with Gasteiger partial charge in [-0.05, 0) is 17.9 Å². The molecule has 0 aromatic heterocycles. The third-order valence-corrected chi connectivity index (χ3v) is 2.76. The van der Waals surface area contributed by atoms with Gasteiger partial charge in [0.1, 0.15) is 0 Å². The Kier molecular flexibility index (Phi) is 2.05. The van der Waals surface area contributed by atoms with Crippen molar-refractivity contribution in [2.24, 2.45) is 5.16 Å². The molecule has 0 fully saturated rings. The molecule has 0 bridgehead atoms. The Labute approximate surface area is 77.9 Å². The van der Waals surface area contributed by atoms with E-state index in [2.05, 4.69) is 18.1 Å². The van der Waals surface area contributed by atoms with Crippen molar-refractivity contribution < 1.29 is 5.21 Å². The molecule has 1 aliphatic carbocycles. The van der Waals surface area contributed by atoms with Crippen LogP contribution >= 0.6 is 0 Å². The Morgan fingerprint density at radius 3 is 2.92 bits per heavy atom. The van der Waals surface area contributed by atoms with Crippen molar-refractivity contribution in [1.29, 1.82) is 0 Å². The highest BCUT2D eigenvalue weighted by molar-refractivity contribution is 6.04. The van der Waals surface area contributed by atoms with Gasteiger partial charge in [0.25, 0.3) is 0 Å². The van der Waals surface area contributed by atoms with Crippen LogP contribution < -0.4 is 0 Å². The molecule has 0 unspecified atom stereocenters. The van der Waals surface area contributed by atoms with Crippen molar-refractivity contribution in [1.82, 2.24) is 0 Å². The fraction of sp³-hybridized carbons (Fsp3) is 0.364. The monoisotopic (exact) mass is 175 g/mol. The normalized spacial score (nSPS) is 23.5. The maximum Gasteiger partial charge on any atom is 0.0876 e. The first-order chi connectivity index (χ1) is 6.36. The van der Waals surface area contributed by atoms with Crippen LogP contribution in [0.1, 0.15) is 36.8 Å². The maximum atomic E-state index is 8.81. The molecule has 1 atom stereocenters. The van der Waals surface area contributed by atoms with E-state index < -0.39 is 0 Å². The molecule has 2 nitrogen and oxygen atoms in total. The van der Waals surface area contributed by atoms with Gasteiger partial charge in [0.15, 0.2) is 0 Å². The summed E-state index contributed by atoms with van der Waals surface area (Å²) in [6.45, 7) is 2.17. The Morgan fingerprint density at radius 2 is 2.23 bits per heavy atom. The van der Waals surface area contributed by atoms with Gasteiger partial charge in [-0.25, -0.2) is 0 Å². The summed E-state index contributed by atoms with van der Waals surface area (Å²) in [5.74, 6) is 0.544. The molecular formula is C11H13NO. The molecule has 1 aliphatic rings. The van der Waals surface area contributed by atoms with Gasteiger partial charge in [0.2, 0.25) is 0 Å². The summed E-state index contributed by atoms with van der Waals surface area (Å²) in [6.07, 6.45) is 1.99. The summed E-state index contributed by atoms with van der Waals surface area (Å²) in [5, 5.41) is 12.2. The zero-order chi connectivity index (χ0) is 9.26. The molecule has 0 spiro atoms. The van der Waals surface area contributed by atoms with Crippen LogP contribution in [0.3, 0.4) is 0 Å². The van der Waals surface area contributed by atoms with Gasteiger partial charge in [0.05, 0.1) is 5.71 Å². The molecule has 1 aromatic rings. The minimum absolute atomic E-state index is 0.544. The minimum Gasteiger partial charge on any atom is -0.411 e. The standard InChI is InChI=1S/C11H13NO/c1-2-8-7-11(12-13)10-6-4-3-5-9(8)10/h3-6,8,13H,2,7H2,1H3/b12-11+/t8-/m1/s1. The Balaban J connectivity index is 2.50. The molecule has 13 heavy (non-hydrogen) atoms. The number of fused-ring (bicyclic) bond motifs is 1. The van der Waals surface area contributed by atoms with Crippen LogP contribution in [-0.4, -0.2) is 10.9 Å². The van der Waals surface area contributed by atoms with Crippen molar-refractivity contribution in [2.75, 3.05) is 0 Å². The fourth-order valence-corrected chi connectivity index (χ4v) is 2.03. The molecular weight excluding hydrogens is 162 g/mol. The van der Waals surface area contributed by atoms with Gasteiger partial charge >= 0.3 is 0 Å². The lowest BCUT2D eigenvalue weighted by atomic mass is 9.99. The molecule has 1 N–H and O–H groups in total. The molecule has 0 amide bonds. The van der Waals surface area contributed by atoms with Crippen molar-refractivity contribution in [3.8, 4) is 0 Å². The lowest BCUT2D eigenvalue weighted by Gasteiger charge is -2.05. The SMILES string of the molecule is CC[C@@H]1C/C(=N\O)c2ccccc21. The molecule has 1 aromatic carbocycles. The summed E-state index contributed by atoms with van der Waals surface area (Å²) < 4.78 is 0. The van der Waals surface area contributed by atoms with E-state index in [0.29, 0.717) is 5.92 Å². The zero-order valence-electron chi connectivity index (χ0n) is 7.70. The first-order valence-electron chi connectivity index (χ1n) is 4.67. The van der Waals surface area contributed by atoms with E-state index in [1.165, 1.54) is 5.56 Å². The van der Waals surface area contributed by atoms with Gasteiger partial charge in [0, 0.05) is 12.0 Å². The van der Waals surface area contributed by atoms with E-state index in [1.54, 1.807) is 0 Å². The summed E-state index contributed by atoms with van der Waals surface area (Å²) in [5.41, 5.74) is 3.29. The average molecular weight is 175 g/mol. The predicted octanol–water partition coefficient (Wildman–Crippen LogP) is 2.76. The van der Waals surface area contributed by atoms with Crippen molar-refractivity contribution in [3.63, 3.8) is 0 Å². The van der Waals surface area contributed by atoms with Gasteiger partial charge in [-0.2, -0.15) is 0 Å². The molecule has 68 valence electrons. The second-order valence-corrected chi connectivity index (χ2v) is 3.44. The molecule has 0 saturated carbocycles. The highest BCUT2D eigenvalue weighted by Crippen LogP contribution is 2.35. The number of rotatable bonds is 1. The van der Waals surface area contributed by atoms with Crippen LogP contribution in [-0.2, 0) is 0 Å². The summed E-state index contributed by atoms with van der Waals surface area (Å²) in [6, 6.07) is 8.19. The fourth-order valence-electron chi connectivity index (χ4n) is 2.03. The topological polar surface area (TPSA) is 32.6 Å². The second-order valence-electron chi connectivity index (χ2n) is 3.44. The minimum atomic E-state index is 0.544. The van der Waals surface area contributed by atoms with Crippen LogP contribution in [0, 0.1) is 0 Å². The Bertz CT molecular complexity index is 344. The van der Waals surface area contributed by atoms with Gasteiger partial charge in [-0.1, -0.05) is 36.3 Å². The quantitative estimate of drug-likeness (QED) is 0.516. The van der Waals surface area contributed by atoms with Gasteiger partial charge < -0.3 is 5.21 Å². The van der Waals surface area contributed by atoms with E-state index in [9.17, 15) is 0 Å². The molecule has 0 heterocycles. The van der Waals surface area contributed by atoms with Crippen LogP contribution in [0.2, 0.25) is 0 Å². The van der Waals surface area contributed by atoms with Crippen LogP contribution in [0.4, 0.5) is 0 Å². The third-order valence-electron chi connectivity index (χ3n) is 2.76. The first kappa shape index (κ1) is 8.30. The van der Waals surface area contributed by atoms with Crippen molar-refractivity contribution in [3.05, 3.63) is 35.4 Å². The second kappa shape index (κ2) is 3.21.